The zero-order valence-corrected chi connectivity index (χ0v) is 16.4. The number of hydrogen-bond donors (Lipinski definition) is 0. The van der Waals surface area contributed by atoms with Crippen LogP contribution in [0.3, 0.4) is 0 Å². The predicted octanol–water partition coefficient (Wildman–Crippen LogP) is 4.33. The van der Waals surface area contributed by atoms with Crippen LogP contribution in [-0.2, 0) is 0 Å². The maximum absolute atomic E-state index is 13.9. The highest BCUT2D eigenvalue weighted by atomic mass is 19.1. The SMILES string of the molecule is Cc1ccc2c(c1)oc1c(=C(C#N)C#N)c3c(oc4cc(F)ccc43)c(=C(C#N)C#N)c12. The van der Waals surface area contributed by atoms with Crippen molar-refractivity contribution >= 4 is 55.0 Å². The Morgan fingerprint density at radius 1 is 0.719 bits per heavy atom. The minimum atomic E-state index is -0.543. The van der Waals surface area contributed by atoms with Crippen LogP contribution in [-0.4, -0.2) is 0 Å². The summed E-state index contributed by atoms with van der Waals surface area (Å²) in [6, 6.07) is 16.8. The van der Waals surface area contributed by atoms with Gasteiger partial charge in [-0.15, -0.1) is 0 Å². The lowest BCUT2D eigenvalue weighted by atomic mass is 9.98. The summed E-state index contributed by atoms with van der Waals surface area (Å²) in [5.41, 5.74) is 1.36. The smallest absolute Gasteiger partial charge is 0.146 e. The van der Waals surface area contributed by atoms with Crippen LogP contribution in [0, 0.1) is 58.1 Å². The zero-order valence-electron chi connectivity index (χ0n) is 16.4. The highest BCUT2D eigenvalue weighted by Crippen LogP contribution is 2.32. The van der Waals surface area contributed by atoms with Crippen LogP contribution in [0.15, 0.2) is 45.2 Å². The van der Waals surface area contributed by atoms with E-state index in [1.807, 2.05) is 37.3 Å². The molecule has 0 aliphatic rings. The summed E-state index contributed by atoms with van der Waals surface area (Å²) in [6.07, 6.45) is 0. The quantitative estimate of drug-likeness (QED) is 0.370. The second kappa shape index (κ2) is 6.71. The van der Waals surface area contributed by atoms with Crippen LogP contribution < -0.4 is 10.4 Å². The fraction of sp³-hybridized carbons (Fsp3) is 0.0400. The average Bonchev–Trinajstić information content (AvgIpc) is 3.33. The summed E-state index contributed by atoms with van der Waals surface area (Å²) in [5, 5.41) is 40.8. The first-order valence-electron chi connectivity index (χ1n) is 9.38. The Bertz CT molecular complexity index is 1770. The topological polar surface area (TPSA) is 121 Å². The van der Waals surface area contributed by atoms with Gasteiger partial charge in [0, 0.05) is 27.6 Å². The molecule has 0 saturated heterocycles. The molecule has 3 aromatic carbocycles. The number of nitrogens with zero attached hydrogens (tertiary/aromatic N) is 4. The van der Waals surface area contributed by atoms with Crippen molar-refractivity contribution in [3.05, 3.63) is 58.2 Å². The monoisotopic (exact) mass is 416 g/mol. The molecular formula is C25H9FN4O2. The predicted molar refractivity (Wildman–Crippen MR) is 114 cm³/mol. The summed E-state index contributed by atoms with van der Waals surface area (Å²) in [6.45, 7) is 1.88. The number of furan rings is 2. The van der Waals surface area contributed by atoms with Crippen LogP contribution in [0.25, 0.3) is 55.0 Å². The van der Waals surface area contributed by atoms with Crippen molar-refractivity contribution in [2.75, 3.05) is 0 Å². The van der Waals surface area contributed by atoms with E-state index in [4.69, 9.17) is 8.83 Å². The van der Waals surface area contributed by atoms with E-state index in [1.165, 1.54) is 18.2 Å². The standard InChI is InChI=1S/C25H9FN4O2/c1-12-2-4-16-18(6-12)31-24-21(14(10-29)11-30)23-17-5-3-15(26)7-19(17)32-25(23)20(22(16)24)13(8-27)9-28/h2-7H,1H3. The average molecular weight is 416 g/mol. The van der Waals surface area contributed by atoms with Gasteiger partial charge in [-0.2, -0.15) is 21.0 Å². The van der Waals surface area contributed by atoms with Gasteiger partial charge in [-0.05, 0) is 30.7 Å². The normalized spacial score (nSPS) is 10.7. The molecule has 5 aromatic rings. The molecule has 0 spiro atoms. The van der Waals surface area contributed by atoms with Gasteiger partial charge in [0.2, 0.25) is 0 Å². The summed E-state index contributed by atoms with van der Waals surface area (Å²) in [7, 11) is 0. The Balaban J connectivity index is 2.35. The Kier molecular flexibility index (Phi) is 3.96. The van der Waals surface area contributed by atoms with Crippen LogP contribution in [0.4, 0.5) is 4.39 Å². The number of halogens is 1. The number of aryl methyl sites for hydroxylation is 1. The van der Waals surface area contributed by atoms with Crippen LogP contribution >= 0.6 is 0 Å². The summed E-state index contributed by atoms with van der Waals surface area (Å²) >= 11 is 0. The van der Waals surface area contributed by atoms with E-state index in [2.05, 4.69) is 0 Å². The van der Waals surface area contributed by atoms with Gasteiger partial charge in [0.1, 0.15) is 63.6 Å². The van der Waals surface area contributed by atoms with Crippen molar-refractivity contribution in [3.8, 4) is 24.3 Å². The molecule has 0 bridgehead atoms. The van der Waals surface area contributed by atoms with E-state index < -0.39 is 5.82 Å². The van der Waals surface area contributed by atoms with Gasteiger partial charge in [-0.3, -0.25) is 0 Å². The highest BCUT2D eigenvalue weighted by molar-refractivity contribution is 6.18. The summed E-state index contributed by atoms with van der Waals surface area (Å²) in [4.78, 5) is 0. The van der Waals surface area contributed by atoms with Crippen molar-refractivity contribution in [1.29, 1.82) is 21.0 Å². The molecule has 5 rings (SSSR count). The van der Waals surface area contributed by atoms with Gasteiger partial charge in [0.05, 0.1) is 10.4 Å². The molecule has 2 aromatic heterocycles. The second-order valence-corrected chi connectivity index (χ2v) is 7.20. The first-order chi connectivity index (χ1) is 15.5. The van der Waals surface area contributed by atoms with Gasteiger partial charge in [-0.25, -0.2) is 4.39 Å². The van der Waals surface area contributed by atoms with E-state index in [9.17, 15) is 25.4 Å². The Morgan fingerprint density at radius 3 is 1.69 bits per heavy atom. The molecule has 7 heteroatoms. The van der Waals surface area contributed by atoms with E-state index in [0.29, 0.717) is 27.1 Å². The van der Waals surface area contributed by atoms with Crippen molar-refractivity contribution in [1.82, 2.24) is 0 Å². The van der Waals surface area contributed by atoms with Gasteiger partial charge in [0.25, 0.3) is 0 Å². The molecule has 0 aliphatic heterocycles. The van der Waals surface area contributed by atoms with Gasteiger partial charge in [-0.1, -0.05) is 12.1 Å². The Labute approximate surface area is 179 Å². The fourth-order valence-corrected chi connectivity index (χ4v) is 4.10. The molecular weight excluding hydrogens is 407 g/mol. The lowest BCUT2D eigenvalue weighted by Gasteiger charge is -1.99. The van der Waals surface area contributed by atoms with Crippen molar-refractivity contribution in [2.24, 2.45) is 0 Å². The maximum Gasteiger partial charge on any atom is 0.146 e. The van der Waals surface area contributed by atoms with Crippen LogP contribution in [0.2, 0.25) is 0 Å². The summed E-state index contributed by atoms with van der Waals surface area (Å²) < 4.78 is 26.0. The third-order valence-corrected chi connectivity index (χ3v) is 5.40. The molecule has 0 atom stereocenters. The number of fused-ring (bicyclic) bond motifs is 6. The molecule has 0 unspecified atom stereocenters. The molecule has 6 nitrogen and oxygen atoms in total. The minimum absolute atomic E-state index is 0.109. The van der Waals surface area contributed by atoms with Crippen LogP contribution in [0.1, 0.15) is 5.56 Å². The maximum atomic E-state index is 13.9. The van der Waals surface area contributed by atoms with E-state index in [0.717, 1.165) is 5.56 Å². The van der Waals surface area contributed by atoms with Gasteiger partial charge < -0.3 is 8.83 Å². The molecule has 2 heterocycles. The third-order valence-electron chi connectivity index (χ3n) is 5.40. The number of hydrogen-bond acceptors (Lipinski definition) is 6. The molecule has 0 saturated carbocycles. The molecule has 0 aliphatic carbocycles. The lowest BCUT2D eigenvalue weighted by Crippen LogP contribution is -2.16. The van der Waals surface area contributed by atoms with Gasteiger partial charge in [0.15, 0.2) is 0 Å². The molecule has 0 radical (unpaired) electrons. The van der Waals surface area contributed by atoms with Crippen molar-refractivity contribution < 1.29 is 13.2 Å². The molecule has 148 valence electrons. The minimum Gasteiger partial charge on any atom is -0.455 e. The van der Waals surface area contributed by atoms with Crippen LogP contribution in [0.5, 0.6) is 0 Å². The van der Waals surface area contributed by atoms with Crippen molar-refractivity contribution in [2.45, 2.75) is 6.92 Å². The largest absolute Gasteiger partial charge is 0.455 e. The molecule has 0 N–H and O–H groups in total. The van der Waals surface area contributed by atoms with E-state index in [1.54, 1.807) is 12.1 Å². The zero-order chi connectivity index (χ0) is 22.6. The lowest BCUT2D eigenvalue weighted by molar-refractivity contribution is 0.618. The molecule has 0 amide bonds. The number of benzene rings is 3. The first-order valence-corrected chi connectivity index (χ1v) is 9.38. The fourth-order valence-electron chi connectivity index (χ4n) is 4.10. The first kappa shape index (κ1) is 18.9. The van der Waals surface area contributed by atoms with E-state index >= 15 is 0 Å². The Morgan fingerprint density at radius 2 is 1.19 bits per heavy atom. The molecule has 32 heavy (non-hydrogen) atoms. The number of nitriles is 4. The highest BCUT2D eigenvalue weighted by Gasteiger charge is 2.23. The molecule has 0 fully saturated rings. The summed E-state index contributed by atoms with van der Waals surface area (Å²) in [5.74, 6) is -0.543. The van der Waals surface area contributed by atoms with E-state index in [-0.39, 0.29) is 38.3 Å². The van der Waals surface area contributed by atoms with Crippen molar-refractivity contribution in [3.63, 3.8) is 0 Å². The second-order valence-electron chi connectivity index (χ2n) is 7.20. The van der Waals surface area contributed by atoms with Gasteiger partial charge >= 0.3 is 0 Å². The Hall–Kier alpha value is -5.11. The third kappa shape index (κ3) is 2.40. The number of rotatable bonds is 0.